The number of rotatable bonds is 7. The van der Waals surface area contributed by atoms with Gasteiger partial charge in [0.2, 0.25) is 5.91 Å². The van der Waals surface area contributed by atoms with E-state index in [2.05, 4.69) is 32.0 Å². The summed E-state index contributed by atoms with van der Waals surface area (Å²) in [5.74, 6) is 0.847. The van der Waals surface area contributed by atoms with Crippen LogP contribution in [0.4, 0.5) is 0 Å². The highest BCUT2D eigenvalue weighted by atomic mass is 32.1. The van der Waals surface area contributed by atoms with Crippen molar-refractivity contribution in [3.05, 3.63) is 113 Å². The smallest absolute Gasteiger partial charge is 0.262 e. The molecule has 3 aromatic heterocycles. The van der Waals surface area contributed by atoms with E-state index in [4.69, 9.17) is 0 Å². The van der Waals surface area contributed by atoms with E-state index in [9.17, 15) is 14.7 Å². The van der Waals surface area contributed by atoms with Gasteiger partial charge in [-0.2, -0.15) is 0 Å². The Hall–Kier alpha value is -4.25. The Morgan fingerprint density at radius 3 is 2.38 bits per heavy atom. The number of hydrogen-bond acceptors (Lipinski definition) is 8. The van der Waals surface area contributed by atoms with Gasteiger partial charge in [-0.05, 0) is 43.0 Å². The van der Waals surface area contributed by atoms with Crippen molar-refractivity contribution in [2.45, 2.75) is 43.9 Å². The molecule has 0 unspecified atom stereocenters. The minimum absolute atomic E-state index is 0.0553. The summed E-state index contributed by atoms with van der Waals surface area (Å²) in [6, 6.07) is 22.1. The van der Waals surface area contributed by atoms with Crippen LogP contribution in [0, 0.1) is 5.92 Å². The van der Waals surface area contributed by atoms with Crippen LogP contribution in [0.1, 0.15) is 36.6 Å². The Morgan fingerprint density at radius 2 is 1.64 bits per heavy atom. The van der Waals surface area contributed by atoms with Crippen LogP contribution < -0.4 is 5.56 Å². The Balaban J connectivity index is 1.03. The van der Waals surface area contributed by atoms with E-state index >= 15 is 0 Å². The Labute approximate surface area is 265 Å². The van der Waals surface area contributed by atoms with Gasteiger partial charge >= 0.3 is 0 Å². The summed E-state index contributed by atoms with van der Waals surface area (Å²) in [4.78, 5) is 46.1. The average Bonchev–Trinajstić information content (AvgIpc) is 3.52. The summed E-state index contributed by atoms with van der Waals surface area (Å²) in [5.41, 5.74) is 1.64. The molecule has 2 saturated heterocycles. The highest BCUT2D eigenvalue weighted by Crippen LogP contribution is 2.36. The lowest BCUT2D eigenvalue weighted by molar-refractivity contribution is -0.142. The Morgan fingerprint density at radius 1 is 0.933 bits per heavy atom. The summed E-state index contributed by atoms with van der Waals surface area (Å²) in [7, 11) is 0. The molecule has 45 heavy (non-hydrogen) atoms. The molecule has 1 N–H and O–H groups in total. The maximum absolute atomic E-state index is 14.0. The van der Waals surface area contributed by atoms with Crippen LogP contribution in [0.25, 0.3) is 21.3 Å². The lowest BCUT2D eigenvalue weighted by atomic mass is 9.79. The minimum Gasteiger partial charge on any atom is -0.388 e. The lowest BCUT2D eigenvalue weighted by Gasteiger charge is -2.43. The van der Waals surface area contributed by atoms with Gasteiger partial charge in [-0.25, -0.2) is 15.0 Å². The van der Waals surface area contributed by atoms with Crippen LogP contribution in [-0.2, 0) is 17.9 Å². The third kappa shape index (κ3) is 6.18. The van der Waals surface area contributed by atoms with Crippen molar-refractivity contribution in [3.8, 4) is 10.4 Å². The van der Waals surface area contributed by atoms with Crippen LogP contribution in [0.5, 0.6) is 0 Å². The van der Waals surface area contributed by atoms with Crippen LogP contribution in [-0.4, -0.2) is 72.1 Å². The van der Waals surface area contributed by atoms with E-state index in [-0.39, 0.29) is 29.8 Å². The van der Waals surface area contributed by atoms with Gasteiger partial charge in [0, 0.05) is 49.2 Å². The molecule has 9 nitrogen and oxygen atoms in total. The molecule has 10 heteroatoms. The number of carbonyl (C=O) groups is 1. The number of aromatic nitrogens is 4. The molecule has 2 atom stereocenters. The van der Waals surface area contributed by atoms with Crippen molar-refractivity contribution in [1.29, 1.82) is 0 Å². The maximum Gasteiger partial charge on any atom is 0.262 e. The summed E-state index contributed by atoms with van der Waals surface area (Å²) in [6.45, 7) is 3.26. The molecule has 0 aliphatic carbocycles. The molecule has 0 saturated carbocycles. The van der Waals surface area contributed by atoms with Crippen LogP contribution in [0.15, 0.2) is 95.6 Å². The first-order valence-corrected chi connectivity index (χ1v) is 16.4. The molecule has 5 heterocycles. The lowest BCUT2D eigenvalue weighted by Crippen LogP contribution is -2.53. The first kappa shape index (κ1) is 29.5. The first-order chi connectivity index (χ1) is 22.0. The third-order valence-electron chi connectivity index (χ3n) is 9.31. The number of piperidine rings is 2. The Kier molecular flexibility index (Phi) is 8.27. The van der Waals surface area contributed by atoms with Crippen molar-refractivity contribution in [2.24, 2.45) is 5.92 Å². The predicted octanol–water partition coefficient (Wildman–Crippen LogP) is 4.57. The number of thiophene rings is 1. The van der Waals surface area contributed by atoms with Gasteiger partial charge in [-0.15, -0.1) is 11.3 Å². The Bertz CT molecular complexity index is 1820. The fourth-order valence-corrected chi connectivity index (χ4v) is 7.83. The molecule has 7 rings (SSSR count). The standard InChI is InChI=1S/C35H36N6O3S/c42-33(27-12-17-39(21-30-36-15-7-16-37-30)20-28(27)25-8-3-1-4-9-25)40-18-13-35(44,14-19-40)23-41-24-38-31-29(34(41)43)22-45-32(31)26-10-5-2-6-11-26/h1-11,15-16,22,24,27-28,44H,12-14,17-21,23H2/t27-,28+/m1/s1. The zero-order valence-corrected chi connectivity index (χ0v) is 25.9. The SMILES string of the molecule is O=C([C@@H]1CCN(Cc2ncccn2)C[C@H]1c1ccccc1)N1CCC(O)(Cn2cnc3c(-c4ccccc4)scc3c2=O)CC1. The summed E-state index contributed by atoms with van der Waals surface area (Å²) in [5, 5.41) is 14.0. The average molecular weight is 621 g/mol. The first-order valence-electron chi connectivity index (χ1n) is 15.5. The largest absolute Gasteiger partial charge is 0.388 e. The number of carbonyl (C=O) groups excluding carboxylic acids is 1. The number of likely N-dealkylation sites (tertiary alicyclic amines) is 2. The second-order valence-electron chi connectivity index (χ2n) is 12.2. The van der Waals surface area contributed by atoms with Crippen molar-refractivity contribution in [2.75, 3.05) is 26.2 Å². The van der Waals surface area contributed by atoms with Gasteiger partial charge in [0.25, 0.3) is 5.56 Å². The zero-order chi connectivity index (χ0) is 30.8. The predicted molar refractivity (Wildman–Crippen MR) is 175 cm³/mol. The van der Waals surface area contributed by atoms with Crippen LogP contribution in [0.3, 0.4) is 0 Å². The van der Waals surface area contributed by atoms with E-state index in [1.54, 1.807) is 18.7 Å². The summed E-state index contributed by atoms with van der Waals surface area (Å²) < 4.78 is 1.53. The van der Waals surface area contributed by atoms with E-state index in [1.165, 1.54) is 15.9 Å². The van der Waals surface area contributed by atoms with Crippen molar-refractivity contribution >= 4 is 28.1 Å². The number of hydrogen-bond donors (Lipinski definition) is 1. The van der Waals surface area contributed by atoms with Crippen molar-refractivity contribution < 1.29 is 9.90 Å². The summed E-state index contributed by atoms with van der Waals surface area (Å²) in [6.07, 6.45) is 6.64. The number of amides is 1. The molecular formula is C35H36N6O3S. The van der Waals surface area contributed by atoms with E-state index < -0.39 is 5.60 Å². The fraction of sp³-hybridized carbons (Fsp3) is 0.343. The molecular weight excluding hydrogens is 584 g/mol. The fourth-order valence-electron chi connectivity index (χ4n) is 6.83. The molecule has 1 amide bonds. The molecule has 0 spiro atoms. The highest BCUT2D eigenvalue weighted by molar-refractivity contribution is 7.15. The van der Waals surface area contributed by atoms with Crippen LogP contribution in [0.2, 0.25) is 0 Å². The second-order valence-corrected chi connectivity index (χ2v) is 13.1. The van der Waals surface area contributed by atoms with Gasteiger partial charge in [0.1, 0.15) is 5.82 Å². The zero-order valence-electron chi connectivity index (χ0n) is 25.0. The summed E-state index contributed by atoms with van der Waals surface area (Å²) >= 11 is 1.51. The highest BCUT2D eigenvalue weighted by Gasteiger charge is 2.41. The molecule has 0 bridgehead atoms. The number of benzene rings is 2. The van der Waals surface area contributed by atoms with E-state index in [0.29, 0.717) is 43.4 Å². The van der Waals surface area contributed by atoms with Gasteiger partial charge in [0.15, 0.2) is 0 Å². The monoisotopic (exact) mass is 620 g/mol. The normalized spacial score (nSPS) is 20.3. The number of aliphatic hydroxyl groups is 1. The van der Waals surface area contributed by atoms with E-state index in [0.717, 1.165) is 41.3 Å². The topological polar surface area (TPSA) is 104 Å². The number of nitrogens with zero attached hydrogens (tertiary/aromatic N) is 6. The molecule has 230 valence electrons. The number of fused-ring (bicyclic) bond motifs is 1. The quantitative estimate of drug-likeness (QED) is 0.284. The third-order valence-corrected chi connectivity index (χ3v) is 10.3. The van der Waals surface area contributed by atoms with Gasteiger partial charge in [-0.1, -0.05) is 60.7 Å². The van der Waals surface area contributed by atoms with Gasteiger partial charge in [0.05, 0.1) is 40.8 Å². The second kappa shape index (κ2) is 12.6. The molecule has 2 aliphatic rings. The molecule has 0 radical (unpaired) electrons. The van der Waals surface area contributed by atoms with Crippen molar-refractivity contribution in [3.63, 3.8) is 0 Å². The molecule has 2 aromatic carbocycles. The molecule has 2 aliphatic heterocycles. The van der Waals surface area contributed by atoms with Crippen molar-refractivity contribution in [1.82, 2.24) is 29.3 Å². The van der Waals surface area contributed by atoms with Crippen LogP contribution >= 0.6 is 11.3 Å². The maximum atomic E-state index is 14.0. The van der Waals surface area contributed by atoms with Gasteiger partial charge in [-0.3, -0.25) is 19.1 Å². The molecule has 2 fully saturated rings. The van der Waals surface area contributed by atoms with Gasteiger partial charge < -0.3 is 10.0 Å². The molecule has 5 aromatic rings. The van der Waals surface area contributed by atoms with E-state index in [1.807, 2.05) is 64.9 Å². The minimum atomic E-state index is -1.09.